The summed E-state index contributed by atoms with van der Waals surface area (Å²) in [6.07, 6.45) is 1.55. The van der Waals surface area contributed by atoms with Gasteiger partial charge < -0.3 is 5.11 Å². The molecule has 1 heterocycles. The van der Waals surface area contributed by atoms with Crippen LogP contribution in [0.1, 0.15) is 21.5 Å². The molecule has 0 saturated heterocycles. The van der Waals surface area contributed by atoms with Gasteiger partial charge in [-0.15, -0.1) is 11.8 Å². The zero-order valence-corrected chi connectivity index (χ0v) is 11.1. The lowest BCUT2D eigenvalue weighted by Gasteiger charge is -2.07. The molecule has 0 aliphatic carbocycles. The predicted octanol–water partition coefficient (Wildman–Crippen LogP) is 3.52. The van der Waals surface area contributed by atoms with Crippen LogP contribution in [0.25, 0.3) is 0 Å². The van der Waals surface area contributed by atoms with Gasteiger partial charge in [0.15, 0.2) is 0 Å². The molecular weight excluding hydrogens is 265 g/mol. The lowest BCUT2D eigenvalue weighted by molar-refractivity contribution is 0.0692. The Morgan fingerprint density at radius 3 is 2.95 bits per heavy atom. The van der Waals surface area contributed by atoms with Crippen LogP contribution in [0.15, 0.2) is 41.6 Å². The van der Waals surface area contributed by atoms with Crippen LogP contribution in [-0.2, 0) is 5.75 Å². The maximum atomic E-state index is 13.2. The number of carbonyl (C=O) groups is 1. The molecule has 1 N–H and O–H groups in total. The van der Waals surface area contributed by atoms with E-state index in [1.165, 1.54) is 30.0 Å². The Hall–Kier alpha value is -1.88. The average Bonchev–Trinajstić information content (AvgIpc) is 2.40. The molecule has 2 aromatic rings. The molecule has 3 nitrogen and oxygen atoms in total. The third-order valence-corrected chi connectivity index (χ3v) is 3.73. The summed E-state index contributed by atoms with van der Waals surface area (Å²) in [5.74, 6) is -0.812. The van der Waals surface area contributed by atoms with Crippen molar-refractivity contribution in [1.29, 1.82) is 0 Å². The van der Waals surface area contributed by atoms with Crippen LogP contribution in [0.5, 0.6) is 0 Å². The second-order valence-electron chi connectivity index (χ2n) is 4.02. The molecule has 0 radical (unpaired) electrons. The number of aromatic carboxylic acids is 1. The van der Waals surface area contributed by atoms with Gasteiger partial charge in [0.05, 0.1) is 5.56 Å². The number of aryl methyl sites for hydroxylation is 1. The zero-order valence-electron chi connectivity index (χ0n) is 10.3. The van der Waals surface area contributed by atoms with Crippen molar-refractivity contribution in [1.82, 2.24) is 4.98 Å². The number of hydrogen-bond acceptors (Lipinski definition) is 3. The monoisotopic (exact) mass is 277 g/mol. The molecule has 0 atom stereocenters. The Morgan fingerprint density at radius 1 is 1.42 bits per heavy atom. The SMILES string of the molecule is Cc1ccc(F)cc1CSc1ncccc1C(=O)O. The largest absolute Gasteiger partial charge is 0.478 e. The van der Waals surface area contributed by atoms with E-state index >= 15 is 0 Å². The van der Waals surface area contributed by atoms with E-state index in [-0.39, 0.29) is 11.4 Å². The highest BCUT2D eigenvalue weighted by Gasteiger charge is 2.11. The number of carboxylic acid groups (broad SMARTS) is 1. The first-order chi connectivity index (χ1) is 9.08. The second kappa shape index (κ2) is 5.84. The Kier molecular flexibility index (Phi) is 4.16. The summed E-state index contributed by atoms with van der Waals surface area (Å²) in [6.45, 7) is 1.89. The Labute approximate surface area is 114 Å². The fraction of sp³-hybridized carbons (Fsp3) is 0.143. The number of rotatable bonds is 4. The maximum absolute atomic E-state index is 13.2. The fourth-order valence-corrected chi connectivity index (χ4v) is 2.66. The maximum Gasteiger partial charge on any atom is 0.338 e. The molecule has 2 rings (SSSR count). The van der Waals surface area contributed by atoms with E-state index in [0.29, 0.717) is 10.8 Å². The zero-order chi connectivity index (χ0) is 13.8. The predicted molar refractivity (Wildman–Crippen MR) is 71.9 cm³/mol. The number of nitrogens with zero attached hydrogens (tertiary/aromatic N) is 1. The minimum absolute atomic E-state index is 0.168. The normalized spacial score (nSPS) is 10.4. The molecule has 1 aromatic carbocycles. The summed E-state index contributed by atoms with van der Waals surface area (Å²) in [4.78, 5) is 15.1. The van der Waals surface area contributed by atoms with Crippen molar-refractivity contribution in [3.8, 4) is 0 Å². The molecular formula is C14H12FNO2S. The number of pyridine rings is 1. The van der Waals surface area contributed by atoms with Crippen LogP contribution in [-0.4, -0.2) is 16.1 Å². The summed E-state index contributed by atoms with van der Waals surface area (Å²) >= 11 is 1.29. The first-order valence-corrected chi connectivity index (χ1v) is 6.62. The molecule has 5 heteroatoms. The van der Waals surface area contributed by atoms with Gasteiger partial charge in [0.2, 0.25) is 0 Å². The first-order valence-electron chi connectivity index (χ1n) is 5.64. The number of hydrogen-bond donors (Lipinski definition) is 1. The van der Waals surface area contributed by atoms with Crippen molar-refractivity contribution in [3.63, 3.8) is 0 Å². The van der Waals surface area contributed by atoms with Crippen molar-refractivity contribution in [2.75, 3.05) is 0 Å². The standard InChI is InChI=1S/C14H12FNO2S/c1-9-4-5-11(15)7-10(9)8-19-13-12(14(17)18)3-2-6-16-13/h2-7H,8H2,1H3,(H,17,18). The Balaban J connectivity index is 2.19. The summed E-state index contributed by atoms with van der Waals surface area (Å²) in [5.41, 5.74) is 1.98. The molecule has 98 valence electrons. The van der Waals surface area contributed by atoms with Gasteiger partial charge in [-0.25, -0.2) is 14.2 Å². The molecule has 0 aliphatic heterocycles. The van der Waals surface area contributed by atoms with E-state index < -0.39 is 5.97 Å². The summed E-state index contributed by atoms with van der Waals surface area (Å²) in [6, 6.07) is 7.68. The number of halogens is 1. The van der Waals surface area contributed by atoms with E-state index in [1.54, 1.807) is 18.3 Å². The van der Waals surface area contributed by atoms with Gasteiger partial charge in [-0.1, -0.05) is 6.07 Å². The molecule has 0 saturated carbocycles. The van der Waals surface area contributed by atoms with Crippen LogP contribution in [0.2, 0.25) is 0 Å². The smallest absolute Gasteiger partial charge is 0.338 e. The molecule has 0 fully saturated rings. The fourth-order valence-electron chi connectivity index (χ4n) is 1.61. The number of benzene rings is 1. The molecule has 1 aromatic heterocycles. The lowest BCUT2D eigenvalue weighted by Crippen LogP contribution is -2.00. The van der Waals surface area contributed by atoms with Gasteiger partial charge in [-0.05, 0) is 42.3 Å². The first kappa shape index (κ1) is 13.5. The highest BCUT2D eigenvalue weighted by molar-refractivity contribution is 7.98. The third-order valence-electron chi connectivity index (χ3n) is 2.68. The molecule has 0 bridgehead atoms. The van der Waals surface area contributed by atoms with Crippen LogP contribution >= 0.6 is 11.8 Å². The Bertz CT molecular complexity index is 616. The van der Waals surface area contributed by atoms with E-state index in [0.717, 1.165) is 11.1 Å². The van der Waals surface area contributed by atoms with Crippen LogP contribution in [0.3, 0.4) is 0 Å². The highest BCUT2D eigenvalue weighted by atomic mass is 32.2. The van der Waals surface area contributed by atoms with E-state index in [4.69, 9.17) is 5.11 Å². The molecule has 0 unspecified atom stereocenters. The van der Waals surface area contributed by atoms with Crippen molar-refractivity contribution in [3.05, 3.63) is 59.0 Å². The van der Waals surface area contributed by atoms with Crippen LogP contribution < -0.4 is 0 Å². The van der Waals surface area contributed by atoms with Gasteiger partial charge in [0.25, 0.3) is 0 Å². The second-order valence-corrected chi connectivity index (χ2v) is 4.98. The number of carboxylic acids is 1. The summed E-state index contributed by atoms with van der Waals surface area (Å²) < 4.78 is 13.2. The van der Waals surface area contributed by atoms with Gasteiger partial charge in [-0.3, -0.25) is 0 Å². The lowest BCUT2D eigenvalue weighted by atomic mass is 10.1. The van der Waals surface area contributed by atoms with Gasteiger partial charge in [0.1, 0.15) is 10.8 Å². The van der Waals surface area contributed by atoms with E-state index in [9.17, 15) is 9.18 Å². The summed E-state index contributed by atoms with van der Waals surface area (Å²) in [5, 5.41) is 9.49. The average molecular weight is 277 g/mol. The molecule has 0 aliphatic rings. The summed E-state index contributed by atoms with van der Waals surface area (Å²) in [7, 11) is 0. The van der Waals surface area contributed by atoms with Crippen molar-refractivity contribution >= 4 is 17.7 Å². The van der Waals surface area contributed by atoms with Gasteiger partial charge >= 0.3 is 5.97 Å². The third kappa shape index (κ3) is 3.32. The van der Waals surface area contributed by atoms with E-state index in [1.807, 2.05) is 6.92 Å². The number of aromatic nitrogens is 1. The molecule has 19 heavy (non-hydrogen) atoms. The van der Waals surface area contributed by atoms with Crippen molar-refractivity contribution in [2.24, 2.45) is 0 Å². The van der Waals surface area contributed by atoms with Gasteiger partial charge in [0, 0.05) is 11.9 Å². The Morgan fingerprint density at radius 2 is 2.21 bits per heavy atom. The van der Waals surface area contributed by atoms with Crippen molar-refractivity contribution in [2.45, 2.75) is 17.7 Å². The van der Waals surface area contributed by atoms with Crippen molar-refractivity contribution < 1.29 is 14.3 Å². The highest BCUT2D eigenvalue weighted by Crippen LogP contribution is 2.25. The van der Waals surface area contributed by atoms with Crippen LogP contribution in [0.4, 0.5) is 4.39 Å². The number of thioether (sulfide) groups is 1. The minimum Gasteiger partial charge on any atom is -0.478 e. The molecule has 0 spiro atoms. The topological polar surface area (TPSA) is 50.2 Å². The van der Waals surface area contributed by atoms with Gasteiger partial charge in [-0.2, -0.15) is 0 Å². The quantitative estimate of drug-likeness (QED) is 0.869. The van der Waals surface area contributed by atoms with Crippen LogP contribution in [0, 0.1) is 12.7 Å². The minimum atomic E-state index is -1.01. The van der Waals surface area contributed by atoms with E-state index in [2.05, 4.69) is 4.98 Å². The molecule has 0 amide bonds.